The number of unbranched alkanes of at least 4 members (excludes halogenated alkanes) is 1. The summed E-state index contributed by atoms with van der Waals surface area (Å²) in [5, 5.41) is 6.44. The number of aromatic nitrogens is 2. The van der Waals surface area contributed by atoms with E-state index in [0.717, 1.165) is 61.2 Å². The molecule has 2 heterocycles. The van der Waals surface area contributed by atoms with Crippen LogP contribution < -0.4 is 10.6 Å². The van der Waals surface area contributed by atoms with Gasteiger partial charge in [0.25, 0.3) is 0 Å². The topological polar surface area (TPSA) is 69.8 Å². The maximum atomic E-state index is 12.4. The zero-order valence-electron chi connectivity index (χ0n) is 14.8. The van der Waals surface area contributed by atoms with Gasteiger partial charge in [0.15, 0.2) is 0 Å². The van der Waals surface area contributed by atoms with Crippen LogP contribution >= 0.6 is 24.8 Å². The number of fused-ring (bicyclic) bond motifs is 1. The Hall–Kier alpha value is -1.30. The summed E-state index contributed by atoms with van der Waals surface area (Å²) in [6.07, 6.45) is 5.08. The van der Waals surface area contributed by atoms with E-state index >= 15 is 0 Å². The molecule has 1 amide bonds. The fraction of sp³-hybridized carbons (Fsp3) is 0.556. The van der Waals surface area contributed by atoms with Crippen LogP contribution in [0, 0.1) is 5.92 Å². The van der Waals surface area contributed by atoms with Crippen LogP contribution in [0.1, 0.15) is 45.4 Å². The largest absolute Gasteiger partial charge is 0.342 e. The van der Waals surface area contributed by atoms with Crippen LogP contribution in [0.4, 0.5) is 5.69 Å². The summed E-state index contributed by atoms with van der Waals surface area (Å²) in [4.78, 5) is 20.4. The Morgan fingerprint density at radius 1 is 1.36 bits per heavy atom. The van der Waals surface area contributed by atoms with Crippen LogP contribution in [0.15, 0.2) is 18.2 Å². The lowest BCUT2D eigenvalue weighted by molar-refractivity contribution is -0.120. The average molecular weight is 387 g/mol. The molecular weight excluding hydrogens is 359 g/mol. The molecule has 1 aliphatic heterocycles. The number of piperidine rings is 1. The van der Waals surface area contributed by atoms with E-state index in [-0.39, 0.29) is 36.6 Å². The second kappa shape index (κ2) is 10.00. The highest BCUT2D eigenvalue weighted by Crippen LogP contribution is 2.21. The highest BCUT2D eigenvalue weighted by atomic mass is 35.5. The molecule has 25 heavy (non-hydrogen) atoms. The summed E-state index contributed by atoms with van der Waals surface area (Å²) in [5.74, 6) is 1.25. The number of halogens is 2. The average Bonchev–Trinajstić information content (AvgIpc) is 2.95. The van der Waals surface area contributed by atoms with Crippen molar-refractivity contribution in [2.45, 2.75) is 52.0 Å². The van der Waals surface area contributed by atoms with E-state index < -0.39 is 0 Å². The van der Waals surface area contributed by atoms with Gasteiger partial charge < -0.3 is 15.6 Å². The van der Waals surface area contributed by atoms with Crippen molar-refractivity contribution in [3.8, 4) is 0 Å². The van der Waals surface area contributed by atoms with Crippen molar-refractivity contribution in [1.82, 2.24) is 15.3 Å². The molecule has 1 aliphatic rings. The van der Waals surface area contributed by atoms with Crippen LogP contribution in [-0.4, -0.2) is 28.5 Å². The van der Waals surface area contributed by atoms with Crippen LogP contribution in [0.25, 0.3) is 11.0 Å². The fourth-order valence-corrected chi connectivity index (χ4v) is 3.22. The SMILES string of the molecule is CCCCc1nc2ccc(NC(=O)[C@H]3CCN[C@@H](C)C3)cc2[nH]1.Cl.Cl. The number of nitrogens with zero attached hydrogens (tertiary/aromatic N) is 1. The van der Waals surface area contributed by atoms with Gasteiger partial charge >= 0.3 is 0 Å². The highest BCUT2D eigenvalue weighted by Gasteiger charge is 2.24. The van der Waals surface area contributed by atoms with Gasteiger partial charge in [-0.15, -0.1) is 24.8 Å². The summed E-state index contributed by atoms with van der Waals surface area (Å²) in [6, 6.07) is 6.31. The van der Waals surface area contributed by atoms with Crippen molar-refractivity contribution >= 4 is 47.4 Å². The number of anilines is 1. The number of nitrogens with one attached hydrogen (secondary N) is 3. The molecule has 0 spiro atoms. The third kappa shape index (κ3) is 5.59. The smallest absolute Gasteiger partial charge is 0.227 e. The summed E-state index contributed by atoms with van der Waals surface area (Å²) in [7, 11) is 0. The first-order valence-electron chi connectivity index (χ1n) is 8.68. The van der Waals surface area contributed by atoms with Crippen LogP contribution in [0.3, 0.4) is 0 Å². The van der Waals surface area contributed by atoms with Gasteiger partial charge in [-0.1, -0.05) is 13.3 Å². The molecule has 7 heteroatoms. The Morgan fingerprint density at radius 3 is 2.88 bits per heavy atom. The number of benzene rings is 1. The van der Waals surface area contributed by atoms with Gasteiger partial charge in [-0.3, -0.25) is 4.79 Å². The zero-order chi connectivity index (χ0) is 16.2. The minimum atomic E-state index is 0. The number of aryl methyl sites for hydroxylation is 1. The van der Waals surface area contributed by atoms with Gasteiger partial charge in [0, 0.05) is 24.1 Å². The van der Waals surface area contributed by atoms with E-state index in [1.807, 2.05) is 18.2 Å². The van der Waals surface area contributed by atoms with Crippen molar-refractivity contribution in [2.24, 2.45) is 5.92 Å². The number of H-pyrrole nitrogens is 1. The fourth-order valence-electron chi connectivity index (χ4n) is 3.22. The predicted molar refractivity (Wildman–Crippen MR) is 108 cm³/mol. The number of amides is 1. The quantitative estimate of drug-likeness (QED) is 0.724. The minimum absolute atomic E-state index is 0. The highest BCUT2D eigenvalue weighted by molar-refractivity contribution is 5.94. The molecule has 0 saturated carbocycles. The second-order valence-electron chi connectivity index (χ2n) is 6.58. The number of hydrogen-bond acceptors (Lipinski definition) is 3. The molecule has 0 aliphatic carbocycles. The van der Waals surface area contributed by atoms with E-state index in [9.17, 15) is 4.79 Å². The first kappa shape index (κ1) is 21.7. The molecular formula is C18H28Cl2N4O. The Morgan fingerprint density at radius 2 is 2.16 bits per heavy atom. The molecule has 1 fully saturated rings. The lowest BCUT2D eigenvalue weighted by atomic mass is 9.92. The summed E-state index contributed by atoms with van der Waals surface area (Å²) >= 11 is 0. The van der Waals surface area contributed by atoms with E-state index in [0.29, 0.717) is 6.04 Å². The summed E-state index contributed by atoms with van der Waals surface area (Å²) < 4.78 is 0. The van der Waals surface area contributed by atoms with Gasteiger partial charge in [0.1, 0.15) is 5.82 Å². The van der Waals surface area contributed by atoms with Crippen molar-refractivity contribution in [3.63, 3.8) is 0 Å². The molecule has 1 aromatic carbocycles. The van der Waals surface area contributed by atoms with E-state index in [2.05, 4.69) is 34.4 Å². The Kier molecular flexibility index (Phi) is 8.69. The number of hydrogen-bond donors (Lipinski definition) is 3. The number of aromatic amines is 1. The van der Waals surface area contributed by atoms with E-state index in [1.54, 1.807) is 0 Å². The van der Waals surface area contributed by atoms with Crippen LogP contribution in [0.2, 0.25) is 0 Å². The number of carbonyl (C=O) groups is 1. The Labute approximate surface area is 161 Å². The third-order valence-corrected chi connectivity index (χ3v) is 4.56. The van der Waals surface area contributed by atoms with Crippen LogP contribution in [-0.2, 0) is 11.2 Å². The molecule has 1 saturated heterocycles. The van der Waals surface area contributed by atoms with Crippen molar-refractivity contribution in [2.75, 3.05) is 11.9 Å². The van der Waals surface area contributed by atoms with Crippen LogP contribution in [0.5, 0.6) is 0 Å². The van der Waals surface area contributed by atoms with Gasteiger partial charge in [0.05, 0.1) is 11.0 Å². The molecule has 1 aromatic heterocycles. The lowest BCUT2D eigenvalue weighted by Gasteiger charge is -2.27. The molecule has 0 unspecified atom stereocenters. The summed E-state index contributed by atoms with van der Waals surface area (Å²) in [6.45, 7) is 5.23. The summed E-state index contributed by atoms with van der Waals surface area (Å²) in [5.41, 5.74) is 2.80. The molecule has 5 nitrogen and oxygen atoms in total. The lowest BCUT2D eigenvalue weighted by Crippen LogP contribution is -2.40. The number of imidazole rings is 1. The molecule has 0 radical (unpaired) electrons. The molecule has 0 bridgehead atoms. The maximum Gasteiger partial charge on any atom is 0.227 e. The first-order chi connectivity index (χ1) is 11.2. The van der Waals surface area contributed by atoms with E-state index in [1.165, 1.54) is 0 Å². The molecule has 140 valence electrons. The second-order valence-corrected chi connectivity index (χ2v) is 6.58. The van der Waals surface area contributed by atoms with Gasteiger partial charge in [-0.25, -0.2) is 4.98 Å². The monoisotopic (exact) mass is 386 g/mol. The van der Waals surface area contributed by atoms with Crippen molar-refractivity contribution in [3.05, 3.63) is 24.0 Å². The standard InChI is InChI=1S/C18H26N4O.2ClH/c1-3-4-5-17-21-15-7-6-14(11-16(15)22-17)20-18(23)13-8-9-19-12(2)10-13;;/h6-7,11-13,19H,3-5,8-10H2,1-2H3,(H,20,23)(H,21,22);2*1H/t12-,13-;;/m0../s1. The molecule has 2 aromatic rings. The Balaban J connectivity index is 0.00000156. The molecule has 2 atom stereocenters. The van der Waals surface area contributed by atoms with Crippen molar-refractivity contribution in [1.29, 1.82) is 0 Å². The molecule has 3 N–H and O–H groups in total. The molecule has 3 rings (SSSR count). The normalized spacial score (nSPS) is 19.8. The third-order valence-electron chi connectivity index (χ3n) is 4.56. The van der Waals surface area contributed by atoms with Gasteiger partial charge in [0.2, 0.25) is 5.91 Å². The number of rotatable bonds is 5. The maximum absolute atomic E-state index is 12.4. The minimum Gasteiger partial charge on any atom is -0.342 e. The number of carbonyl (C=O) groups excluding carboxylic acids is 1. The predicted octanol–water partition coefficient (Wildman–Crippen LogP) is 4.08. The zero-order valence-corrected chi connectivity index (χ0v) is 16.4. The first-order valence-corrected chi connectivity index (χ1v) is 8.68. The van der Waals surface area contributed by atoms with Crippen molar-refractivity contribution < 1.29 is 4.79 Å². The van der Waals surface area contributed by atoms with E-state index in [4.69, 9.17) is 0 Å². The Bertz CT molecular complexity index is 689. The van der Waals surface area contributed by atoms with Gasteiger partial charge in [-0.05, 0) is 50.9 Å². The van der Waals surface area contributed by atoms with Gasteiger partial charge in [-0.2, -0.15) is 0 Å².